The fourth-order valence-corrected chi connectivity index (χ4v) is 6.05. The van der Waals surface area contributed by atoms with Crippen LogP contribution < -0.4 is 10.1 Å². The summed E-state index contributed by atoms with van der Waals surface area (Å²) in [5.41, 5.74) is 1.25. The maximum Gasteiger partial charge on any atom is 0.416 e. The first-order chi connectivity index (χ1) is 20.9. The molecule has 3 aromatic carbocycles. The van der Waals surface area contributed by atoms with Gasteiger partial charge in [-0.1, -0.05) is 37.3 Å². The van der Waals surface area contributed by atoms with Crippen molar-refractivity contribution in [1.29, 1.82) is 0 Å². The Kier molecular flexibility index (Phi) is 9.23. The van der Waals surface area contributed by atoms with Gasteiger partial charge in [0.15, 0.2) is 10.8 Å². The van der Waals surface area contributed by atoms with Crippen LogP contribution in [0, 0.1) is 5.92 Å². The van der Waals surface area contributed by atoms with E-state index in [9.17, 15) is 27.9 Å². The van der Waals surface area contributed by atoms with Gasteiger partial charge in [-0.05, 0) is 55.9 Å². The molecule has 1 aromatic heterocycles. The van der Waals surface area contributed by atoms with Crippen LogP contribution in [0.1, 0.15) is 45.1 Å². The maximum absolute atomic E-state index is 13.8. The summed E-state index contributed by atoms with van der Waals surface area (Å²) in [5.74, 6) is -0.769. The molecule has 1 aliphatic rings. The number of carbonyl (C=O) groups excluding carboxylic acids is 2. The second-order valence-corrected chi connectivity index (χ2v) is 12.2. The number of fused-ring (bicyclic) bond motifs is 2. The van der Waals surface area contributed by atoms with E-state index in [-0.39, 0.29) is 34.8 Å². The summed E-state index contributed by atoms with van der Waals surface area (Å²) in [6, 6.07) is 16.9. The summed E-state index contributed by atoms with van der Waals surface area (Å²) in [4.78, 5) is 35.0. The predicted octanol–water partition coefficient (Wildman–Crippen LogP) is 5.92. The maximum atomic E-state index is 13.8. The molecule has 2 amide bonds. The lowest BCUT2D eigenvalue weighted by Crippen LogP contribution is -2.49. The van der Waals surface area contributed by atoms with Crippen molar-refractivity contribution in [3.63, 3.8) is 0 Å². The number of hydrogen-bond donors (Lipinski definition) is 2. The van der Waals surface area contributed by atoms with Gasteiger partial charge < -0.3 is 20.1 Å². The molecule has 2 heterocycles. The number of benzene rings is 3. The Hall–Kier alpha value is -4.00. The number of nitrogens with one attached hydrogen (secondary N) is 1. The molecule has 5 rings (SSSR count). The standard InChI is InChI=1S/C32H33F3N4O4S/c1-19-15-39(20(2)18-40)31(42)23-7-6-9-25(36-29(41)30-37-24-8-4-5-10-27(24)44-30)28(23)43-26(19)17-38(3)16-21-11-13-22(14-12-21)32(33,34)35/h4-14,19-20,26,40H,15-18H2,1-3H3,(H,36,41)/t19-,20+,26+/m0/s1. The van der Waals surface area contributed by atoms with Gasteiger partial charge >= 0.3 is 6.18 Å². The largest absolute Gasteiger partial charge is 0.486 e. The van der Waals surface area contributed by atoms with E-state index in [4.69, 9.17) is 4.74 Å². The second kappa shape index (κ2) is 12.9. The lowest BCUT2D eigenvalue weighted by atomic mass is 9.98. The van der Waals surface area contributed by atoms with Crippen molar-refractivity contribution < 1.29 is 32.6 Å². The normalized spacial score (nSPS) is 18.0. The van der Waals surface area contributed by atoms with Gasteiger partial charge in [-0.2, -0.15) is 13.2 Å². The molecule has 3 atom stereocenters. The van der Waals surface area contributed by atoms with E-state index in [0.717, 1.165) is 16.8 Å². The number of anilines is 1. The smallest absolute Gasteiger partial charge is 0.416 e. The number of carbonyl (C=O) groups is 2. The number of aliphatic hydroxyl groups is 1. The fourth-order valence-electron chi connectivity index (χ4n) is 5.19. The molecule has 8 nitrogen and oxygen atoms in total. The number of amides is 2. The van der Waals surface area contributed by atoms with Crippen LogP contribution in [0.4, 0.5) is 18.9 Å². The highest BCUT2D eigenvalue weighted by molar-refractivity contribution is 7.20. The van der Waals surface area contributed by atoms with Crippen molar-refractivity contribution in [3.05, 3.63) is 88.4 Å². The highest BCUT2D eigenvalue weighted by Crippen LogP contribution is 2.36. The molecular weight excluding hydrogens is 593 g/mol. The number of hydrogen-bond acceptors (Lipinski definition) is 7. The number of thiazole rings is 1. The van der Waals surface area contributed by atoms with Gasteiger partial charge in [0.05, 0.1) is 39.7 Å². The van der Waals surface area contributed by atoms with Gasteiger partial charge in [-0.3, -0.25) is 14.5 Å². The zero-order chi connectivity index (χ0) is 31.6. The van der Waals surface area contributed by atoms with Crippen molar-refractivity contribution in [2.45, 2.75) is 38.7 Å². The van der Waals surface area contributed by atoms with Crippen LogP contribution in [-0.4, -0.2) is 70.6 Å². The zero-order valence-electron chi connectivity index (χ0n) is 24.5. The van der Waals surface area contributed by atoms with E-state index in [1.807, 2.05) is 43.1 Å². The SMILES string of the molecule is C[C@H](CO)N1C[C@H](C)[C@@H](CN(C)Cc2ccc(C(F)(F)F)cc2)Oc2c(NC(=O)c3nc4ccccc4s3)cccc2C1=O. The quantitative estimate of drug-likeness (QED) is 0.252. The highest BCUT2D eigenvalue weighted by Gasteiger charge is 2.35. The lowest BCUT2D eigenvalue weighted by Gasteiger charge is -2.38. The topological polar surface area (TPSA) is 95.0 Å². The van der Waals surface area contributed by atoms with Crippen molar-refractivity contribution in [3.8, 4) is 5.75 Å². The predicted molar refractivity (Wildman–Crippen MR) is 163 cm³/mol. The van der Waals surface area contributed by atoms with Gasteiger partial charge in [0.2, 0.25) is 0 Å². The van der Waals surface area contributed by atoms with Gasteiger partial charge in [0.25, 0.3) is 11.8 Å². The Balaban J connectivity index is 1.43. The lowest BCUT2D eigenvalue weighted by molar-refractivity contribution is -0.137. The number of aromatic nitrogens is 1. The number of aliphatic hydroxyl groups excluding tert-OH is 1. The molecule has 0 unspecified atom stereocenters. The monoisotopic (exact) mass is 626 g/mol. The average Bonchev–Trinajstić information content (AvgIpc) is 3.43. The number of alkyl halides is 3. The van der Waals surface area contributed by atoms with Crippen LogP contribution >= 0.6 is 11.3 Å². The number of ether oxygens (including phenoxy) is 1. The summed E-state index contributed by atoms with van der Waals surface area (Å²) >= 11 is 1.25. The molecular formula is C32H33F3N4O4S. The first kappa shape index (κ1) is 31.4. The van der Waals surface area contributed by atoms with E-state index in [1.54, 1.807) is 30.0 Å². The molecule has 1 aliphatic heterocycles. The van der Waals surface area contributed by atoms with Gasteiger partial charge in [0.1, 0.15) is 6.10 Å². The van der Waals surface area contributed by atoms with Crippen LogP contribution in [-0.2, 0) is 12.7 Å². The minimum absolute atomic E-state index is 0.204. The van der Waals surface area contributed by atoms with Crippen LogP contribution in [0.3, 0.4) is 0 Å². The molecule has 232 valence electrons. The molecule has 2 N–H and O–H groups in total. The van der Waals surface area contributed by atoms with Crippen molar-refractivity contribution in [2.24, 2.45) is 5.92 Å². The summed E-state index contributed by atoms with van der Waals surface area (Å²) in [5, 5.41) is 13.1. The van der Waals surface area contributed by atoms with Crippen LogP contribution in [0.25, 0.3) is 10.2 Å². The van der Waals surface area contributed by atoms with Gasteiger partial charge in [-0.15, -0.1) is 11.3 Å². The molecule has 0 radical (unpaired) electrons. The fraction of sp³-hybridized carbons (Fsp3) is 0.344. The van der Waals surface area contributed by atoms with E-state index < -0.39 is 29.8 Å². The molecule has 0 fully saturated rings. The Bertz CT molecular complexity index is 1610. The number of halogens is 3. The van der Waals surface area contributed by atoms with Crippen LogP contribution in [0.2, 0.25) is 0 Å². The van der Waals surface area contributed by atoms with E-state index >= 15 is 0 Å². The summed E-state index contributed by atoms with van der Waals surface area (Å²) in [6.07, 6.45) is -4.88. The summed E-state index contributed by atoms with van der Waals surface area (Å²) in [6.45, 7) is 4.51. The number of nitrogens with zero attached hydrogens (tertiary/aromatic N) is 3. The summed E-state index contributed by atoms with van der Waals surface area (Å²) < 4.78 is 46.5. The highest BCUT2D eigenvalue weighted by atomic mass is 32.1. The van der Waals surface area contributed by atoms with Crippen LogP contribution in [0.15, 0.2) is 66.7 Å². The summed E-state index contributed by atoms with van der Waals surface area (Å²) in [7, 11) is 1.84. The van der Waals surface area contributed by atoms with Gasteiger partial charge in [-0.25, -0.2) is 4.98 Å². The van der Waals surface area contributed by atoms with E-state index in [1.165, 1.54) is 23.5 Å². The Labute approximate surface area is 257 Å². The first-order valence-electron chi connectivity index (χ1n) is 14.2. The first-order valence-corrected chi connectivity index (χ1v) is 15.0. The molecule has 44 heavy (non-hydrogen) atoms. The minimum Gasteiger partial charge on any atom is -0.486 e. The van der Waals surface area contributed by atoms with E-state index in [2.05, 4.69) is 10.3 Å². The Morgan fingerprint density at radius 3 is 2.57 bits per heavy atom. The Morgan fingerprint density at radius 2 is 1.89 bits per heavy atom. The third kappa shape index (κ3) is 6.87. The Morgan fingerprint density at radius 1 is 1.16 bits per heavy atom. The molecule has 12 heteroatoms. The number of para-hydroxylation sites is 2. The molecule has 0 bridgehead atoms. The molecule has 0 spiro atoms. The molecule has 4 aromatic rings. The second-order valence-electron chi connectivity index (χ2n) is 11.1. The minimum atomic E-state index is -4.41. The molecule has 0 saturated heterocycles. The zero-order valence-corrected chi connectivity index (χ0v) is 25.3. The van der Waals surface area contributed by atoms with Crippen molar-refractivity contribution >= 4 is 39.1 Å². The third-order valence-electron chi connectivity index (χ3n) is 7.65. The third-order valence-corrected chi connectivity index (χ3v) is 8.69. The number of likely N-dealkylation sites (N-methyl/N-ethyl adjacent to an activating group) is 1. The van der Waals surface area contributed by atoms with Crippen molar-refractivity contribution in [2.75, 3.05) is 32.1 Å². The van der Waals surface area contributed by atoms with Crippen LogP contribution in [0.5, 0.6) is 5.75 Å². The molecule has 0 aliphatic carbocycles. The van der Waals surface area contributed by atoms with E-state index in [0.29, 0.717) is 36.4 Å². The molecule has 0 saturated carbocycles. The van der Waals surface area contributed by atoms with Gasteiger partial charge in [0, 0.05) is 25.6 Å². The average molecular weight is 627 g/mol. The number of rotatable bonds is 8. The van der Waals surface area contributed by atoms with Crippen molar-refractivity contribution in [1.82, 2.24) is 14.8 Å².